The fraction of sp³-hybridized carbons (Fsp3) is 0.533. The van der Waals surface area contributed by atoms with Crippen LogP contribution >= 0.6 is 0 Å². The van der Waals surface area contributed by atoms with Gasteiger partial charge in [-0.3, -0.25) is 4.79 Å². The summed E-state index contributed by atoms with van der Waals surface area (Å²) in [6.07, 6.45) is 3.47. The van der Waals surface area contributed by atoms with Crippen LogP contribution in [0.2, 0.25) is 0 Å². The van der Waals surface area contributed by atoms with Crippen molar-refractivity contribution in [2.75, 3.05) is 18.4 Å². The third-order valence-electron chi connectivity index (χ3n) is 4.21. The number of amides is 1. The first-order valence-electron chi connectivity index (χ1n) is 6.87. The Morgan fingerprint density at radius 3 is 3.06 bits per heavy atom. The van der Waals surface area contributed by atoms with Crippen LogP contribution in [0.4, 0.5) is 5.69 Å². The van der Waals surface area contributed by atoms with Crippen LogP contribution in [0.5, 0.6) is 0 Å². The highest BCUT2D eigenvalue weighted by atomic mass is 16.2. The van der Waals surface area contributed by atoms with E-state index >= 15 is 0 Å². The molecular formula is C15H20N2O. The van der Waals surface area contributed by atoms with E-state index in [0.29, 0.717) is 5.92 Å². The average Bonchev–Trinajstić information content (AvgIpc) is 2.70. The largest absolute Gasteiger partial charge is 0.325 e. The van der Waals surface area contributed by atoms with Gasteiger partial charge in [-0.2, -0.15) is 0 Å². The van der Waals surface area contributed by atoms with Crippen molar-refractivity contribution in [3.05, 3.63) is 29.3 Å². The molecule has 18 heavy (non-hydrogen) atoms. The maximum Gasteiger partial charge on any atom is 0.232 e. The topological polar surface area (TPSA) is 41.1 Å². The predicted molar refractivity (Wildman–Crippen MR) is 72.8 cm³/mol. The number of hydrogen-bond acceptors (Lipinski definition) is 2. The summed E-state index contributed by atoms with van der Waals surface area (Å²) in [5.74, 6) is 0.885. The summed E-state index contributed by atoms with van der Waals surface area (Å²) in [7, 11) is 0. The van der Waals surface area contributed by atoms with Crippen molar-refractivity contribution < 1.29 is 4.79 Å². The zero-order valence-corrected chi connectivity index (χ0v) is 10.8. The molecule has 0 saturated carbocycles. The number of rotatable bonds is 2. The van der Waals surface area contributed by atoms with Gasteiger partial charge in [0.25, 0.3) is 0 Å². The van der Waals surface area contributed by atoms with Crippen molar-refractivity contribution in [3.8, 4) is 0 Å². The lowest BCUT2D eigenvalue weighted by molar-refractivity contribution is -0.117. The summed E-state index contributed by atoms with van der Waals surface area (Å²) in [4.78, 5) is 12.1. The average molecular weight is 244 g/mol. The number of piperidine rings is 1. The van der Waals surface area contributed by atoms with Crippen LogP contribution in [-0.4, -0.2) is 19.0 Å². The van der Waals surface area contributed by atoms with Gasteiger partial charge in [0.05, 0.1) is 5.92 Å². The SMILES string of the molecule is Cc1cccc2c1NC(=O)C2CC1CCCNC1. The first-order valence-corrected chi connectivity index (χ1v) is 6.87. The van der Waals surface area contributed by atoms with Crippen LogP contribution in [-0.2, 0) is 4.79 Å². The number of benzene rings is 1. The standard InChI is InChI=1S/C15H20N2O/c1-10-4-2-6-12-13(15(18)17-14(10)12)8-11-5-3-7-16-9-11/h2,4,6,11,13,16H,3,5,7-9H2,1H3,(H,17,18). The Hall–Kier alpha value is -1.35. The second-order valence-corrected chi connectivity index (χ2v) is 5.53. The molecule has 1 aromatic carbocycles. The van der Waals surface area contributed by atoms with Gasteiger partial charge in [-0.1, -0.05) is 18.2 Å². The Kier molecular flexibility index (Phi) is 3.08. The fourth-order valence-electron chi connectivity index (χ4n) is 3.20. The van der Waals surface area contributed by atoms with E-state index < -0.39 is 0 Å². The van der Waals surface area contributed by atoms with Gasteiger partial charge in [0, 0.05) is 5.69 Å². The van der Waals surface area contributed by atoms with Gasteiger partial charge < -0.3 is 10.6 Å². The quantitative estimate of drug-likeness (QED) is 0.839. The van der Waals surface area contributed by atoms with Gasteiger partial charge in [-0.05, 0) is 56.3 Å². The van der Waals surface area contributed by atoms with Crippen LogP contribution in [0.25, 0.3) is 0 Å². The van der Waals surface area contributed by atoms with Gasteiger partial charge in [-0.25, -0.2) is 0 Å². The van der Waals surface area contributed by atoms with Gasteiger partial charge >= 0.3 is 0 Å². The number of anilines is 1. The molecule has 2 atom stereocenters. The van der Waals surface area contributed by atoms with Crippen molar-refractivity contribution in [1.82, 2.24) is 5.32 Å². The lowest BCUT2D eigenvalue weighted by atomic mass is 9.85. The number of carbonyl (C=O) groups excluding carboxylic acids is 1. The molecule has 1 fully saturated rings. The number of hydrogen-bond donors (Lipinski definition) is 2. The monoisotopic (exact) mass is 244 g/mol. The summed E-state index contributed by atoms with van der Waals surface area (Å²) in [5, 5.41) is 6.47. The lowest BCUT2D eigenvalue weighted by Crippen LogP contribution is -2.31. The molecule has 0 radical (unpaired) electrons. The zero-order valence-electron chi connectivity index (χ0n) is 10.8. The van der Waals surface area contributed by atoms with Crippen LogP contribution in [0.3, 0.4) is 0 Å². The van der Waals surface area contributed by atoms with Crippen LogP contribution in [0.15, 0.2) is 18.2 Å². The van der Waals surface area contributed by atoms with Crippen LogP contribution in [0.1, 0.15) is 36.3 Å². The van der Waals surface area contributed by atoms with E-state index in [9.17, 15) is 4.79 Å². The number of nitrogens with one attached hydrogen (secondary N) is 2. The van der Waals surface area contributed by atoms with Crippen LogP contribution < -0.4 is 10.6 Å². The number of aryl methyl sites for hydroxylation is 1. The number of carbonyl (C=O) groups is 1. The predicted octanol–water partition coefficient (Wildman–Crippen LogP) is 2.42. The van der Waals surface area contributed by atoms with Gasteiger partial charge in [0.15, 0.2) is 0 Å². The van der Waals surface area contributed by atoms with Crippen LogP contribution in [0, 0.1) is 12.8 Å². The normalized spacial score (nSPS) is 26.8. The van der Waals surface area contributed by atoms with E-state index in [1.807, 2.05) is 0 Å². The summed E-state index contributed by atoms with van der Waals surface area (Å²) in [5.41, 5.74) is 3.42. The molecular weight excluding hydrogens is 224 g/mol. The lowest BCUT2D eigenvalue weighted by Gasteiger charge is -2.24. The molecule has 2 aliphatic rings. The van der Waals surface area contributed by atoms with E-state index in [1.165, 1.54) is 24.0 Å². The Labute approximate surface area is 108 Å². The molecule has 3 nitrogen and oxygen atoms in total. The van der Waals surface area contributed by atoms with E-state index in [4.69, 9.17) is 0 Å². The maximum absolute atomic E-state index is 12.1. The molecule has 2 N–H and O–H groups in total. The van der Waals surface area contributed by atoms with E-state index in [0.717, 1.165) is 25.2 Å². The molecule has 0 spiro atoms. The Morgan fingerprint density at radius 1 is 1.39 bits per heavy atom. The molecule has 96 valence electrons. The van der Waals surface area contributed by atoms with Gasteiger partial charge in [0.2, 0.25) is 5.91 Å². The number of para-hydroxylation sites is 1. The molecule has 1 aromatic rings. The first kappa shape index (κ1) is 11.7. The summed E-state index contributed by atoms with van der Waals surface area (Å²) in [6, 6.07) is 6.21. The smallest absolute Gasteiger partial charge is 0.232 e. The van der Waals surface area contributed by atoms with E-state index in [-0.39, 0.29) is 11.8 Å². The first-order chi connectivity index (χ1) is 8.75. The van der Waals surface area contributed by atoms with Crippen molar-refractivity contribution in [2.24, 2.45) is 5.92 Å². The van der Waals surface area contributed by atoms with Crippen molar-refractivity contribution >= 4 is 11.6 Å². The molecule has 2 aliphatic heterocycles. The van der Waals surface area contributed by atoms with Gasteiger partial charge in [-0.15, -0.1) is 0 Å². The molecule has 1 amide bonds. The summed E-state index contributed by atoms with van der Waals surface area (Å²) < 4.78 is 0. The third kappa shape index (κ3) is 2.03. The minimum atomic E-state index is 0.0600. The minimum Gasteiger partial charge on any atom is -0.325 e. The van der Waals surface area contributed by atoms with Crippen molar-refractivity contribution in [2.45, 2.75) is 32.1 Å². The highest BCUT2D eigenvalue weighted by Gasteiger charge is 2.33. The Morgan fingerprint density at radius 2 is 2.28 bits per heavy atom. The third-order valence-corrected chi connectivity index (χ3v) is 4.21. The second-order valence-electron chi connectivity index (χ2n) is 5.53. The zero-order chi connectivity index (χ0) is 12.5. The molecule has 2 heterocycles. The second kappa shape index (κ2) is 4.73. The number of fused-ring (bicyclic) bond motifs is 1. The van der Waals surface area contributed by atoms with Gasteiger partial charge in [0.1, 0.15) is 0 Å². The maximum atomic E-state index is 12.1. The molecule has 3 rings (SSSR count). The molecule has 3 heteroatoms. The Bertz CT molecular complexity index is 464. The van der Waals surface area contributed by atoms with E-state index in [2.05, 4.69) is 35.8 Å². The molecule has 1 saturated heterocycles. The minimum absolute atomic E-state index is 0.0600. The molecule has 0 aromatic heterocycles. The summed E-state index contributed by atoms with van der Waals surface area (Å²) in [6.45, 7) is 4.25. The Balaban J connectivity index is 1.81. The highest BCUT2D eigenvalue weighted by Crippen LogP contribution is 2.39. The van der Waals surface area contributed by atoms with Crippen molar-refractivity contribution in [3.63, 3.8) is 0 Å². The molecule has 2 unspecified atom stereocenters. The van der Waals surface area contributed by atoms with E-state index in [1.54, 1.807) is 0 Å². The summed E-state index contributed by atoms with van der Waals surface area (Å²) >= 11 is 0. The highest BCUT2D eigenvalue weighted by molar-refractivity contribution is 6.03. The van der Waals surface area contributed by atoms with Crippen molar-refractivity contribution in [1.29, 1.82) is 0 Å². The molecule has 0 bridgehead atoms. The molecule has 0 aliphatic carbocycles. The fourth-order valence-corrected chi connectivity index (χ4v) is 3.20.